The Morgan fingerprint density at radius 1 is 0.600 bits per heavy atom. The minimum Gasteiger partial charge on any atom is -0.442 e. The minimum absolute atomic E-state index is 0.436. The quantitative estimate of drug-likeness (QED) is 0.527. The standard InChI is InChI=1S/C26H30N2O2/c1-15-3-7-17(8-4-15)25-27-19-11-14-22-24-20(12-13-21(29-25)23(19)24)28-26(30-22)18-9-5-16(2)6-10-18/h11-18H,3-10H2,1-2H3. The lowest BCUT2D eigenvalue weighted by Crippen LogP contribution is -2.27. The number of nitrogens with zero attached hydrogens (tertiary/aromatic N) is 2. The maximum absolute atomic E-state index is 6.36. The molecule has 0 radical (unpaired) electrons. The number of rotatable bonds is 2. The van der Waals surface area contributed by atoms with E-state index in [0.29, 0.717) is 11.8 Å². The van der Waals surface area contributed by atoms with Gasteiger partial charge in [0, 0.05) is 11.8 Å². The lowest BCUT2D eigenvalue weighted by atomic mass is 9.82. The van der Waals surface area contributed by atoms with Crippen LogP contribution >= 0.6 is 0 Å². The fourth-order valence-electron chi connectivity index (χ4n) is 5.63. The first kappa shape index (κ1) is 18.4. The summed E-state index contributed by atoms with van der Waals surface area (Å²) in [5.74, 6) is 6.12. The molecule has 2 fully saturated rings. The molecule has 0 atom stereocenters. The first-order valence-electron chi connectivity index (χ1n) is 11.8. The van der Waals surface area contributed by atoms with E-state index in [2.05, 4.69) is 38.1 Å². The van der Waals surface area contributed by atoms with Crippen LogP contribution in [0.2, 0.25) is 0 Å². The van der Waals surface area contributed by atoms with E-state index in [1.54, 1.807) is 0 Å². The molecule has 2 aliphatic heterocycles. The number of hydrogen-bond acceptors (Lipinski definition) is 4. The molecule has 2 aromatic carbocycles. The van der Waals surface area contributed by atoms with Crippen molar-refractivity contribution in [3.63, 3.8) is 0 Å². The number of benzene rings is 2. The molecule has 4 aliphatic rings. The zero-order valence-electron chi connectivity index (χ0n) is 18.0. The summed E-state index contributed by atoms with van der Waals surface area (Å²) in [6, 6.07) is 8.37. The molecular weight excluding hydrogens is 372 g/mol. The van der Waals surface area contributed by atoms with E-state index in [-0.39, 0.29) is 0 Å². The molecule has 30 heavy (non-hydrogen) atoms. The van der Waals surface area contributed by atoms with Gasteiger partial charge in [0.2, 0.25) is 0 Å². The second kappa shape index (κ2) is 7.11. The van der Waals surface area contributed by atoms with Gasteiger partial charge in [0.25, 0.3) is 0 Å². The van der Waals surface area contributed by atoms with Gasteiger partial charge in [-0.15, -0.1) is 0 Å². The molecule has 4 nitrogen and oxygen atoms in total. The highest BCUT2D eigenvalue weighted by atomic mass is 16.5. The molecule has 0 spiro atoms. The van der Waals surface area contributed by atoms with Crippen molar-refractivity contribution >= 4 is 33.9 Å². The molecule has 2 heterocycles. The van der Waals surface area contributed by atoms with Gasteiger partial charge < -0.3 is 9.47 Å². The molecule has 4 heteroatoms. The molecule has 2 aliphatic carbocycles. The summed E-state index contributed by atoms with van der Waals surface area (Å²) in [6.07, 6.45) is 9.74. The van der Waals surface area contributed by atoms with Crippen LogP contribution in [-0.4, -0.2) is 11.8 Å². The molecule has 0 unspecified atom stereocenters. The Morgan fingerprint density at radius 3 is 1.40 bits per heavy atom. The predicted molar refractivity (Wildman–Crippen MR) is 122 cm³/mol. The molecule has 0 bridgehead atoms. The minimum atomic E-state index is 0.436. The van der Waals surface area contributed by atoms with E-state index >= 15 is 0 Å². The lowest BCUT2D eigenvalue weighted by molar-refractivity contribution is 0.319. The molecule has 6 rings (SSSR count). The molecule has 0 aromatic heterocycles. The predicted octanol–water partition coefficient (Wildman–Crippen LogP) is 7.34. The van der Waals surface area contributed by atoms with Crippen molar-refractivity contribution in [3.8, 4) is 11.5 Å². The number of aliphatic imine (C=N–C) groups is 2. The highest BCUT2D eigenvalue weighted by Gasteiger charge is 2.32. The monoisotopic (exact) mass is 402 g/mol. The first-order chi connectivity index (χ1) is 14.7. The second-order valence-electron chi connectivity index (χ2n) is 9.93. The van der Waals surface area contributed by atoms with Gasteiger partial charge in [0.05, 0.1) is 22.1 Å². The van der Waals surface area contributed by atoms with Crippen molar-refractivity contribution < 1.29 is 9.47 Å². The van der Waals surface area contributed by atoms with Crippen LogP contribution in [0.1, 0.15) is 65.2 Å². The third kappa shape index (κ3) is 3.03. The van der Waals surface area contributed by atoms with Gasteiger partial charge in [-0.05, 0) is 87.5 Å². The van der Waals surface area contributed by atoms with Crippen LogP contribution in [0.4, 0.5) is 11.4 Å². The van der Waals surface area contributed by atoms with Crippen molar-refractivity contribution in [1.82, 2.24) is 0 Å². The summed E-state index contributed by atoms with van der Waals surface area (Å²) >= 11 is 0. The van der Waals surface area contributed by atoms with E-state index in [4.69, 9.17) is 19.5 Å². The van der Waals surface area contributed by atoms with Crippen molar-refractivity contribution in [2.24, 2.45) is 33.7 Å². The Labute approximate surface area is 178 Å². The summed E-state index contributed by atoms with van der Waals surface area (Å²) in [5.41, 5.74) is 2.00. The van der Waals surface area contributed by atoms with Crippen LogP contribution < -0.4 is 9.47 Å². The van der Waals surface area contributed by atoms with Crippen molar-refractivity contribution in [1.29, 1.82) is 0 Å². The summed E-state index contributed by atoms with van der Waals surface area (Å²) in [4.78, 5) is 9.92. The van der Waals surface area contributed by atoms with Gasteiger partial charge in [-0.3, -0.25) is 0 Å². The number of ether oxygens (including phenoxy) is 2. The maximum atomic E-state index is 6.36. The van der Waals surface area contributed by atoms with Crippen LogP contribution in [0.15, 0.2) is 34.3 Å². The van der Waals surface area contributed by atoms with Crippen molar-refractivity contribution in [2.75, 3.05) is 0 Å². The molecule has 0 saturated heterocycles. The largest absolute Gasteiger partial charge is 0.442 e. The second-order valence-corrected chi connectivity index (χ2v) is 9.93. The Kier molecular flexibility index (Phi) is 4.36. The summed E-state index contributed by atoms with van der Waals surface area (Å²) in [5, 5.41) is 2.11. The SMILES string of the molecule is CC1CCC(C2=Nc3ccc4c5c(ccc(c35)O2)N=C(C2CCC(C)CC2)O4)CC1. The molecular formula is C26H30N2O2. The average Bonchev–Trinajstić information content (AvgIpc) is 2.78. The third-order valence-electron chi connectivity index (χ3n) is 7.66. The Hall–Kier alpha value is -2.36. The van der Waals surface area contributed by atoms with E-state index in [9.17, 15) is 0 Å². The molecule has 0 amide bonds. The third-order valence-corrected chi connectivity index (χ3v) is 7.66. The Balaban J connectivity index is 1.37. The summed E-state index contributed by atoms with van der Waals surface area (Å²) in [7, 11) is 0. The van der Waals surface area contributed by atoms with Gasteiger partial charge in [0.1, 0.15) is 11.5 Å². The van der Waals surface area contributed by atoms with Gasteiger partial charge >= 0.3 is 0 Å². The van der Waals surface area contributed by atoms with Crippen LogP contribution in [0.5, 0.6) is 11.5 Å². The van der Waals surface area contributed by atoms with Gasteiger partial charge in [0.15, 0.2) is 11.8 Å². The van der Waals surface area contributed by atoms with Crippen molar-refractivity contribution in [3.05, 3.63) is 24.3 Å². The van der Waals surface area contributed by atoms with Crippen LogP contribution in [0.25, 0.3) is 10.8 Å². The average molecular weight is 403 g/mol. The van der Waals surface area contributed by atoms with Crippen molar-refractivity contribution in [2.45, 2.75) is 65.2 Å². The molecule has 156 valence electrons. The zero-order chi connectivity index (χ0) is 20.2. The van der Waals surface area contributed by atoms with E-state index in [1.807, 2.05) is 0 Å². The molecule has 0 N–H and O–H groups in total. The lowest BCUT2D eigenvalue weighted by Gasteiger charge is -2.31. The van der Waals surface area contributed by atoms with Gasteiger partial charge in [-0.1, -0.05) is 13.8 Å². The van der Waals surface area contributed by atoms with E-state index < -0.39 is 0 Å². The van der Waals surface area contributed by atoms with Crippen LogP contribution in [0, 0.1) is 23.7 Å². The fraction of sp³-hybridized carbons (Fsp3) is 0.538. The summed E-state index contributed by atoms with van der Waals surface area (Å²) < 4.78 is 12.7. The molecule has 2 aromatic rings. The zero-order valence-corrected chi connectivity index (χ0v) is 18.0. The fourth-order valence-corrected chi connectivity index (χ4v) is 5.63. The highest BCUT2D eigenvalue weighted by Crippen LogP contribution is 2.49. The Bertz CT molecular complexity index is 969. The maximum Gasteiger partial charge on any atom is 0.198 e. The van der Waals surface area contributed by atoms with Gasteiger partial charge in [-0.25, -0.2) is 9.98 Å². The highest BCUT2D eigenvalue weighted by molar-refractivity contribution is 6.13. The molecule has 2 saturated carbocycles. The topological polar surface area (TPSA) is 43.2 Å². The Morgan fingerprint density at radius 2 is 1.00 bits per heavy atom. The van der Waals surface area contributed by atoms with E-state index in [0.717, 1.165) is 57.3 Å². The van der Waals surface area contributed by atoms with Crippen LogP contribution in [-0.2, 0) is 0 Å². The number of hydrogen-bond donors (Lipinski definition) is 0. The summed E-state index contributed by atoms with van der Waals surface area (Å²) in [6.45, 7) is 4.69. The van der Waals surface area contributed by atoms with Gasteiger partial charge in [-0.2, -0.15) is 0 Å². The van der Waals surface area contributed by atoms with Crippen LogP contribution in [0.3, 0.4) is 0 Å². The van der Waals surface area contributed by atoms with E-state index in [1.165, 1.54) is 51.4 Å². The first-order valence-corrected chi connectivity index (χ1v) is 11.8. The normalized spacial score (nSPS) is 30.2. The smallest absolute Gasteiger partial charge is 0.198 e.